The average molecular weight is 640 g/mol. The van der Waals surface area contributed by atoms with E-state index in [1.165, 1.54) is 16.4 Å². The second-order valence-electron chi connectivity index (χ2n) is 11.2. The molecule has 2 atom stereocenters. The van der Waals surface area contributed by atoms with Crippen LogP contribution in [0, 0.1) is 5.92 Å². The van der Waals surface area contributed by atoms with Crippen LogP contribution in [0.15, 0.2) is 41.3 Å². The number of benzene rings is 2. The highest BCUT2D eigenvalue weighted by Gasteiger charge is 2.45. The van der Waals surface area contributed by atoms with Crippen molar-refractivity contribution >= 4 is 43.2 Å². The number of carbonyl (C=O) groups excluding carboxylic acids is 1. The Bertz CT molecular complexity index is 1560. The summed E-state index contributed by atoms with van der Waals surface area (Å²) in [4.78, 5) is 14.3. The third-order valence-corrected chi connectivity index (χ3v) is 12.6. The molecular formula is C28H34ClN3O8S2. The molecule has 0 radical (unpaired) electrons. The van der Waals surface area contributed by atoms with E-state index >= 15 is 0 Å². The molecule has 1 saturated carbocycles. The molecule has 1 N–H and O–H groups in total. The van der Waals surface area contributed by atoms with E-state index in [0.29, 0.717) is 74.8 Å². The summed E-state index contributed by atoms with van der Waals surface area (Å²) in [5.74, 6) is -0.568. The number of amides is 1. The summed E-state index contributed by atoms with van der Waals surface area (Å²) in [5, 5.41) is 0.0591. The normalized spacial score (nSPS) is 29.4. The maximum Gasteiger partial charge on any atom is 0.264 e. The van der Waals surface area contributed by atoms with Gasteiger partial charge in [-0.15, -0.1) is 0 Å². The number of rotatable bonds is 0. The Hall–Kier alpha value is -2.42. The molecule has 1 amide bonds. The largest absolute Gasteiger partial charge is 0.487 e. The van der Waals surface area contributed by atoms with Gasteiger partial charge in [0.2, 0.25) is 10.0 Å². The van der Waals surface area contributed by atoms with Gasteiger partial charge in [-0.1, -0.05) is 17.7 Å². The van der Waals surface area contributed by atoms with Gasteiger partial charge in [-0.3, -0.25) is 4.79 Å². The molecule has 0 spiro atoms. The molecule has 4 aliphatic heterocycles. The molecule has 4 heterocycles. The van der Waals surface area contributed by atoms with E-state index in [-0.39, 0.29) is 30.3 Å². The van der Waals surface area contributed by atoms with Crippen LogP contribution in [0.2, 0.25) is 5.02 Å². The van der Waals surface area contributed by atoms with Crippen LogP contribution < -0.4 is 14.4 Å². The fraction of sp³-hybridized carbons (Fsp3) is 0.536. The molecule has 5 aliphatic rings. The van der Waals surface area contributed by atoms with E-state index in [1.54, 1.807) is 12.1 Å². The number of hydrogen-bond donors (Lipinski definition) is 1. The van der Waals surface area contributed by atoms with Crippen molar-refractivity contribution in [3.8, 4) is 5.75 Å². The highest BCUT2D eigenvalue weighted by atomic mass is 35.5. The lowest BCUT2D eigenvalue weighted by Crippen LogP contribution is -2.53. The number of ether oxygens (including phenoxy) is 3. The molecule has 0 unspecified atom stereocenters. The lowest BCUT2D eigenvalue weighted by atomic mass is 9.84. The molecule has 4 bridgehead atoms. The molecule has 42 heavy (non-hydrogen) atoms. The maximum atomic E-state index is 13.7. The first kappa shape index (κ1) is 29.6. The predicted octanol–water partition coefficient (Wildman–Crippen LogP) is 2.66. The van der Waals surface area contributed by atoms with Gasteiger partial charge in [0.1, 0.15) is 25.7 Å². The second kappa shape index (κ2) is 11.9. The van der Waals surface area contributed by atoms with Gasteiger partial charge in [0.25, 0.3) is 15.9 Å². The van der Waals surface area contributed by atoms with Gasteiger partial charge >= 0.3 is 0 Å². The van der Waals surface area contributed by atoms with E-state index in [1.807, 2.05) is 17.0 Å². The number of halogens is 1. The molecule has 1 aliphatic carbocycles. The number of fused-ring (bicyclic) bond motifs is 7. The van der Waals surface area contributed by atoms with Crippen molar-refractivity contribution in [2.45, 2.75) is 55.0 Å². The highest BCUT2D eigenvalue weighted by molar-refractivity contribution is 7.90. The summed E-state index contributed by atoms with van der Waals surface area (Å²) < 4.78 is 75.5. The van der Waals surface area contributed by atoms with Crippen molar-refractivity contribution in [1.29, 1.82) is 0 Å². The summed E-state index contributed by atoms with van der Waals surface area (Å²) in [6.45, 7) is 1.15. The lowest BCUT2D eigenvalue weighted by Gasteiger charge is -2.43. The Morgan fingerprint density at radius 1 is 0.929 bits per heavy atom. The minimum Gasteiger partial charge on any atom is -0.487 e. The molecule has 14 heteroatoms. The Morgan fingerprint density at radius 2 is 1.74 bits per heavy atom. The van der Waals surface area contributed by atoms with Crippen molar-refractivity contribution in [2.75, 3.05) is 44.5 Å². The Balaban J connectivity index is 1.39. The molecule has 7 rings (SSSR count). The molecule has 0 aromatic heterocycles. The van der Waals surface area contributed by atoms with E-state index in [4.69, 9.17) is 25.8 Å². The van der Waals surface area contributed by atoms with Gasteiger partial charge in [-0.05, 0) is 79.5 Å². The summed E-state index contributed by atoms with van der Waals surface area (Å²) in [5.41, 5.74) is 2.34. The number of nitrogens with zero attached hydrogens (tertiary/aromatic N) is 2. The lowest BCUT2D eigenvalue weighted by molar-refractivity contribution is -0.126. The van der Waals surface area contributed by atoms with Crippen LogP contribution in [0.3, 0.4) is 0 Å². The number of sulfonamides is 2. The Kier molecular flexibility index (Phi) is 8.42. The standard InChI is InChI=1S/C28H34ClN3O8S2/c29-22-3-1-21-16-40-26-5-4-24-14-25(26)31(18-38-12-9-19(21)13-22)15-20-2-6-27(20)42(36,37)32-10-7-23(8-11-32)39-17-28(33)30-41(24,34)35/h1,3-5,13-14,20,23,27H,2,6-12,15-18H2,(H,30,33)/t20-,27+/m0/s1. The number of piperidine rings is 1. The van der Waals surface area contributed by atoms with Crippen molar-refractivity contribution < 1.29 is 35.8 Å². The SMILES string of the molecule is O=C1COC2CCN(CC2)S(=O)(=O)[C@@H]2CC[C@H]2CN2COCCc3cc(Cl)ccc3COc3ccc(cc32)S(=O)(=O)N1. The third-order valence-electron chi connectivity index (χ3n) is 8.54. The fourth-order valence-electron chi connectivity index (χ4n) is 6.03. The number of nitrogens with one attached hydrogen (secondary N) is 1. The van der Waals surface area contributed by atoms with Crippen LogP contribution in [0.1, 0.15) is 36.8 Å². The molecule has 1 saturated heterocycles. The van der Waals surface area contributed by atoms with Crippen LogP contribution in [-0.4, -0.2) is 78.0 Å². The van der Waals surface area contributed by atoms with E-state index < -0.39 is 37.8 Å². The van der Waals surface area contributed by atoms with Crippen LogP contribution in [0.5, 0.6) is 5.75 Å². The summed E-state index contributed by atoms with van der Waals surface area (Å²) in [6, 6.07) is 9.95. The number of carbonyl (C=O) groups is 1. The van der Waals surface area contributed by atoms with E-state index in [2.05, 4.69) is 4.72 Å². The monoisotopic (exact) mass is 639 g/mol. The fourth-order valence-corrected chi connectivity index (χ4v) is 9.46. The van der Waals surface area contributed by atoms with Gasteiger partial charge < -0.3 is 19.1 Å². The quantitative estimate of drug-likeness (QED) is 0.462. The Labute approximate surface area is 251 Å². The van der Waals surface area contributed by atoms with Crippen LogP contribution in [-0.2, 0) is 47.3 Å². The first-order valence-electron chi connectivity index (χ1n) is 14.1. The van der Waals surface area contributed by atoms with Gasteiger partial charge in [-0.25, -0.2) is 25.9 Å². The molecule has 11 nitrogen and oxygen atoms in total. The highest BCUT2D eigenvalue weighted by Crippen LogP contribution is 2.40. The van der Waals surface area contributed by atoms with Crippen LogP contribution in [0.4, 0.5) is 5.69 Å². The van der Waals surface area contributed by atoms with Gasteiger partial charge in [0.05, 0.1) is 28.5 Å². The number of anilines is 1. The maximum absolute atomic E-state index is 13.7. The van der Waals surface area contributed by atoms with Gasteiger partial charge in [0, 0.05) is 24.7 Å². The smallest absolute Gasteiger partial charge is 0.264 e. The first-order chi connectivity index (χ1) is 20.1. The minimum absolute atomic E-state index is 0.0879. The first-order valence-corrected chi connectivity index (χ1v) is 17.5. The van der Waals surface area contributed by atoms with Crippen LogP contribution in [0.25, 0.3) is 0 Å². The zero-order chi connectivity index (χ0) is 29.5. The summed E-state index contributed by atoms with van der Waals surface area (Å²) in [6.07, 6.45) is 2.41. The average Bonchev–Trinajstić information content (AvgIpc) is 2.96. The van der Waals surface area contributed by atoms with E-state index in [0.717, 1.165) is 11.1 Å². The van der Waals surface area contributed by atoms with Crippen molar-refractivity contribution in [1.82, 2.24) is 9.03 Å². The van der Waals surface area contributed by atoms with Gasteiger partial charge in [-0.2, -0.15) is 0 Å². The molecular weight excluding hydrogens is 606 g/mol. The van der Waals surface area contributed by atoms with Crippen molar-refractivity contribution in [3.05, 3.63) is 52.5 Å². The molecule has 2 aromatic rings. The zero-order valence-corrected chi connectivity index (χ0v) is 25.4. The van der Waals surface area contributed by atoms with E-state index in [9.17, 15) is 21.6 Å². The summed E-state index contributed by atoms with van der Waals surface area (Å²) >= 11 is 6.24. The van der Waals surface area contributed by atoms with Crippen molar-refractivity contribution in [3.63, 3.8) is 0 Å². The molecule has 2 fully saturated rings. The van der Waals surface area contributed by atoms with Crippen molar-refractivity contribution in [2.24, 2.45) is 5.92 Å². The predicted molar refractivity (Wildman–Crippen MR) is 155 cm³/mol. The third kappa shape index (κ3) is 6.13. The molecule has 2 aromatic carbocycles. The second-order valence-corrected chi connectivity index (χ2v) is 15.5. The zero-order valence-electron chi connectivity index (χ0n) is 23.0. The van der Waals surface area contributed by atoms with Gasteiger partial charge in [0.15, 0.2) is 0 Å². The Morgan fingerprint density at radius 3 is 2.50 bits per heavy atom. The molecule has 228 valence electrons. The van der Waals surface area contributed by atoms with Crippen LogP contribution >= 0.6 is 11.6 Å². The minimum atomic E-state index is -4.23. The topological polar surface area (TPSA) is 132 Å². The number of hydrogen-bond acceptors (Lipinski definition) is 9. The summed E-state index contributed by atoms with van der Waals surface area (Å²) in [7, 11) is -7.79.